The Morgan fingerprint density at radius 3 is 2.56 bits per heavy atom. The van der Waals surface area contributed by atoms with Gasteiger partial charge in [0.25, 0.3) is 0 Å². The quantitative estimate of drug-likeness (QED) is 0.789. The van der Waals surface area contributed by atoms with Gasteiger partial charge in [-0.25, -0.2) is 0 Å². The van der Waals surface area contributed by atoms with E-state index in [9.17, 15) is 10.2 Å². The van der Waals surface area contributed by atoms with Crippen molar-refractivity contribution in [3.63, 3.8) is 0 Å². The van der Waals surface area contributed by atoms with Crippen LogP contribution >= 0.6 is 0 Å². The largest absolute Gasteiger partial charge is 0.512 e. The van der Waals surface area contributed by atoms with Gasteiger partial charge >= 0.3 is 0 Å². The van der Waals surface area contributed by atoms with Crippen LogP contribution in [0.3, 0.4) is 0 Å². The molecule has 0 aliphatic heterocycles. The van der Waals surface area contributed by atoms with Crippen LogP contribution in [0.2, 0.25) is 0 Å². The first-order valence-corrected chi connectivity index (χ1v) is 5.27. The van der Waals surface area contributed by atoms with E-state index in [0.29, 0.717) is 6.42 Å². The zero-order valence-corrected chi connectivity index (χ0v) is 8.88. The molecule has 0 heterocycles. The van der Waals surface area contributed by atoms with E-state index >= 15 is 0 Å². The molecule has 1 aliphatic carbocycles. The number of aliphatic hydroxyl groups is 2. The van der Waals surface area contributed by atoms with E-state index in [2.05, 4.69) is 0 Å². The third-order valence-electron chi connectivity index (χ3n) is 2.48. The third kappa shape index (κ3) is 2.76. The first-order chi connectivity index (χ1) is 7.74. The summed E-state index contributed by atoms with van der Waals surface area (Å²) in [6, 6.07) is 9.95. The number of hydrogen-bond donors (Lipinski definition) is 2. The van der Waals surface area contributed by atoms with Crippen molar-refractivity contribution in [2.24, 2.45) is 5.92 Å². The average Bonchev–Trinajstić information content (AvgIpc) is 2.27. The predicted molar refractivity (Wildman–Crippen MR) is 65.0 cm³/mol. The molecule has 1 aromatic carbocycles. The molecule has 0 saturated carbocycles. The number of benzene rings is 1. The number of allylic oxidation sites excluding steroid dienone is 4. The first kappa shape index (κ1) is 10.6. The molecule has 1 aliphatic rings. The Morgan fingerprint density at radius 2 is 1.88 bits per heavy atom. The normalized spacial score (nSPS) is 20.6. The molecular formula is C14H14O2. The zero-order valence-electron chi connectivity index (χ0n) is 8.88. The molecule has 16 heavy (non-hydrogen) atoms. The van der Waals surface area contributed by atoms with Crippen molar-refractivity contribution in [3.05, 3.63) is 65.6 Å². The molecule has 0 aromatic heterocycles. The van der Waals surface area contributed by atoms with Gasteiger partial charge in [0.2, 0.25) is 0 Å². The second kappa shape index (κ2) is 4.71. The monoisotopic (exact) mass is 214 g/mol. The van der Waals surface area contributed by atoms with Crippen LogP contribution in [0.15, 0.2) is 60.1 Å². The smallest absolute Gasteiger partial charge is 0.115 e. The summed E-state index contributed by atoms with van der Waals surface area (Å²) in [4.78, 5) is 0. The molecule has 2 nitrogen and oxygen atoms in total. The first-order valence-electron chi connectivity index (χ1n) is 5.27. The van der Waals surface area contributed by atoms with Crippen LogP contribution in [0.25, 0.3) is 6.08 Å². The maximum absolute atomic E-state index is 9.37. The lowest BCUT2D eigenvalue weighted by Crippen LogP contribution is -2.01. The van der Waals surface area contributed by atoms with Gasteiger partial charge in [-0.2, -0.15) is 0 Å². The predicted octanol–water partition coefficient (Wildman–Crippen LogP) is 3.60. The Balaban J connectivity index is 2.07. The highest BCUT2D eigenvalue weighted by Gasteiger charge is 2.11. The van der Waals surface area contributed by atoms with E-state index in [-0.39, 0.29) is 17.4 Å². The Labute approximate surface area is 94.9 Å². The van der Waals surface area contributed by atoms with Gasteiger partial charge in [-0.05, 0) is 11.6 Å². The van der Waals surface area contributed by atoms with Gasteiger partial charge in [0.05, 0.1) is 5.76 Å². The maximum atomic E-state index is 9.37. The molecule has 0 spiro atoms. The molecule has 0 amide bonds. The van der Waals surface area contributed by atoms with E-state index in [1.165, 1.54) is 6.08 Å². The van der Waals surface area contributed by atoms with Gasteiger partial charge in [0.1, 0.15) is 5.76 Å². The summed E-state index contributed by atoms with van der Waals surface area (Å²) in [5.74, 6) is 0.416. The maximum Gasteiger partial charge on any atom is 0.115 e. The van der Waals surface area contributed by atoms with Gasteiger partial charge in [-0.1, -0.05) is 42.5 Å². The number of hydrogen-bond acceptors (Lipinski definition) is 2. The van der Waals surface area contributed by atoms with Gasteiger partial charge in [-0.15, -0.1) is 0 Å². The van der Waals surface area contributed by atoms with E-state index in [1.54, 1.807) is 6.08 Å². The Bertz CT molecular complexity index is 441. The molecule has 2 heteroatoms. The summed E-state index contributed by atoms with van der Waals surface area (Å²) in [5, 5.41) is 18.7. The molecule has 82 valence electrons. The SMILES string of the molecule is OC1=CC(/C=C/c2ccccc2)CC(O)=C1. The lowest BCUT2D eigenvalue weighted by molar-refractivity contribution is 0.351. The Hall–Kier alpha value is -1.96. The summed E-state index contributed by atoms with van der Waals surface area (Å²) in [6.07, 6.45) is 7.64. The lowest BCUT2D eigenvalue weighted by Gasteiger charge is -2.12. The van der Waals surface area contributed by atoms with Crippen LogP contribution in [0.5, 0.6) is 0 Å². The number of rotatable bonds is 2. The molecule has 2 N–H and O–H groups in total. The van der Waals surface area contributed by atoms with Gasteiger partial charge in [-0.3, -0.25) is 0 Å². The van der Waals surface area contributed by atoms with Crippen molar-refractivity contribution in [2.75, 3.05) is 0 Å². The topological polar surface area (TPSA) is 40.5 Å². The van der Waals surface area contributed by atoms with Crippen LogP contribution in [0.1, 0.15) is 12.0 Å². The Kier molecular flexibility index (Phi) is 3.10. The minimum Gasteiger partial charge on any atom is -0.512 e. The second-order valence-corrected chi connectivity index (χ2v) is 3.86. The van der Waals surface area contributed by atoms with E-state index in [0.717, 1.165) is 5.56 Å². The molecule has 0 saturated heterocycles. The van der Waals surface area contributed by atoms with Crippen molar-refractivity contribution in [3.8, 4) is 0 Å². The highest BCUT2D eigenvalue weighted by atomic mass is 16.3. The van der Waals surface area contributed by atoms with Gasteiger partial charge in [0, 0.05) is 18.4 Å². The van der Waals surface area contributed by atoms with Gasteiger partial charge < -0.3 is 10.2 Å². The molecule has 0 bridgehead atoms. The molecule has 0 fully saturated rings. The van der Waals surface area contributed by atoms with Crippen molar-refractivity contribution < 1.29 is 10.2 Å². The fourth-order valence-corrected chi connectivity index (χ4v) is 1.72. The average molecular weight is 214 g/mol. The zero-order chi connectivity index (χ0) is 11.4. The molecule has 1 atom stereocenters. The molecule has 1 unspecified atom stereocenters. The standard InChI is InChI=1S/C14H14O2/c15-13-8-12(9-14(16)10-13)7-6-11-4-2-1-3-5-11/h1-8,10,12,15-16H,9H2/b7-6+. The van der Waals surface area contributed by atoms with Crippen LogP contribution in [-0.2, 0) is 0 Å². The van der Waals surface area contributed by atoms with Crippen molar-refractivity contribution in [2.45, 2.75) is 6.42 Å². The highest BCUT2D eigenvalue weighted by Crippen LogP contribution is 2.21. The highest BCUT2D eigenvalue weighted by molar-refractivity contribution is 5.49. The van der Waals surface area contributed by atoms with E-state index < -0.39 is 0 Å². The summed E-state index contributed by atoms with van der Waals surface area (Å²) in [7, 11) is 0. The van der Waals surface area contributed by atoms with Crippen LogP contribution in [-0.4, -0.2) is 10.2 Å². The fourth-order valence-electron chi connectivity index (χ4n) is 1.72. The van der Waals surface area contributed by atoms with Crippen LogP contribution in [0.4, 0.5) is 0 Å². The van der Waals surface area contributed by atoms with E-state index in [4.69, 9.17) is 0 Å². The molecular weight excluding hydrogens is 200 g/mol. The summed E-state index contributed by atoms with van der Waals surface area (Å²) < 4.78 is 0. The van der Waals surface area contributed by atoms with Crippen molar-refractivity contribution in [1.29, 1.82) is 0 Å². The third-order valence-corrected chi connectivity index (χ3v) is 2.48. The molecule has 0 radical (unpaired) electrons. The van der Waals surface area contributed by atoms with Gasteiger partial charge in [0.15, 0.2) is 0 Å². The van der Waals surface area contributed by atoms with Crippen LogP contribution in [0, 0.1) is 5.92 Å². The fraction of sp³-hybridized carbons (Fsp3) is 0.143. The molecule has 1 aromatic rings. The summed E-state index contributed by atoms with van der Waals surface area (Å²) in [6.45, 7) is 0. The lowest BCUT2D eigenvalue weighted by atomic mass is 9.97. The van der Waals surface area contributed by atoms with Crippen molar-refractivity contribution >= 4 is 6.08 Å². The minimum absolute atomic E-state index is 0.0604. The summed E-state index contributed by atoms with van der Waals surface area (Å²) in [5.41, 5.74) is 1.12. The molecule has 2 rings (SSSR count). The second-order valence-electron chi connectivity index (χ2n) is 3.86. The van der Waals surface area contributed by atoms with Crippen LogP contribution < -0.4 is 0 Å². The number of aliphatic hydroxyl groups excluding tert-OH is 2. The minimum atomic E-state index is 0.0604. The Morgan fingerprint density at radius 1 is 1.12 bits per heavy atom. The summed E-state index contributed by atoms with van der Waals surface area (Å²) >= 11 is 0. The van der Waals surface area contributed by atoms with Crippen molar-refractivity contribution in [1.82, 2.24) is 0 Å². The van der Waals surface area contributed by atoms with E-state index in [1.807, 2.05) is 42.5 Å².